The van der Waals surface area contributed by atoms with Crippen LogP contribution in [0.3, 0.4) is 0 Å². The van der Waals surface area contributed by atoms with Crippen LogP contribution in [0.4, 0.5) is 0 Å². The minimum atomic E-state index is 0.688. The SMILES string of the molecule is CCC[C@@H](C)[C@H]1CC[C@H]2C3CCC4CCCCC4(C)C3CCC12C. The first-order valence-electron chi connectivity index (χ1n) is 11.5. The summed E-state index contributed by atoms with van der Waals surface area (Å²) in [5, 5.41) is 0. The van der Waals surface area contributed by atoms with Gasteiger partial charge in [-0.2, -0.15) is 0 Å². The van der Waals surface area contributed by atoms with Gasteiger partial charge >= 0.3 is 0 Å². The molecule has 0 heterocycles. The molecule has 0 N–H and O–H groups in total. The van der Waals surface area contributed by atoms with E-state index < -0.39 is 0 Å². The van der Waals surface area contributed by atoms with Crippen molar-refractivity contribution in [3.63, 3.8) is 0 Å². The van der Waals surface area contributed by atoms with Crippen molar-refractivity contribution in [3.8, 4) is 0 Å². The molecule has 138 valence electrons. The monoisotopic (exact) mass is 330 g/mol. The van der Waals surface area contributed by atoms with E-state index in [1.54, 1.807) is 51.4 Å². The second kappa shape index (κ2) is 6.31. The average Bonchev–Trinajstić information content (AvgIpc) is 2.92. The highest BCUT2D eigenvalue weighted by atomic mass is 14.6. The van der Waals surface area contributed by atoms with Crippen molar-refractivity contribution in [2.24, 2.45) is 46.3 Å². The Morgan fingerprint density at radius 2 is 1.62 bits per heavy atom. The van der Waals surface area contributed by atoms with Crippen LogP contribution in [0.25, 0.3) is 0 Å². The van der Waals surface area contributed by atoms with Gasteiger partial charge in [-0.25, -0.2) is 0 Å². The van der Waals surface area contributed by atoms with E-state index >= 15 is 0 Å². The maximum Gasteiger partial charge on any atom is -0.0264 e. The quantitative estimate of drug-likeness (QED) is 0.503. The summed E-state index contributed by atoms with van der Waals surface area (Å²) in [5.74, 6) is 6.30. The fraction of sp³-hybridized carbons (Fsp3) is 1.00. The average molecular weight is 331 g/mol. The lowest BCUT2D eigenvalue weighted by Gasteiger charge is -2.61. The Balaban J connectivity index is 1.57. The van der Waals surface area contributed by atoms with E-state index in [0.717, 1.165) is 40.9 Å². The minimum Gasteiger partial charge on any atom is -0.0654 e. The van der Waals surface area contributed by atoms with Gasteiger partial charge in [-0.3, -0.25) is 0 Å². The van der Waals surface area contributed by atoms with Gasteiger partial charge in [-0.1, -0.05) is 53.4 Å². The van der Waals surface area contributed by atoms with Crippen LogP contribution < -0.4 is 0 Å². The van der Waals surface area contributed by atoms with Crippen LogP contribution in [0, 0.1) is 46.3 Å². The summed E-state index contributed by atoms with van der Waals surface area (Å²) >= 11 is 0. The molecule has 5 unspecified atom stereocenters. The lowest BCUT2D eigenvalue weighted by molar-refractivity contribution is -0.114. The molecule has 4 rings (SSSR count). The predicted octanol–water partition coefficient (Wildman–Crippen LogP) is 7.47. The maximum absolute atomic E-state index is 2.73. The maximum atomic E-state index is 2.73. The summed E-state index contributed by atoms with van der Waals surface area (Å²) in [6.07, 6.45) is 18.4. The molecular formula is C24H42. The molecule has 0 aromatic carbocycles. The van der Waals surface area contributed by atoms with Crippen molar-refractivity contribution >= 4 is 0 Å². The topological polar surface area (TPSA) is 0 Å². The Kier molecular flexibility index (Phi) is 4.58. The largest absolute Gasteiger partial charge is 0.0654 e. The first kappa shape index (κ1) is 17.4. The molecule has 0 nitrogen and oxygen atoms in total. The third kappa shape index (κ3) is 2.44. The standard InChI is InChI=1S/C24H42/c1-5-8-17(2)20-12-13-21-19-11-10-18-9-6-7-15-23(18,3)22(19)14-16-24(20,21)4/h17-22H,5-16H2,1-4H3/t17-,18?,19?,20-,21+,22?,23?,24?/m1/s1. The van der Waals surface area contributed by atoms with Crippen LogP contribution in [-0.4, -0.2) is 0 Å². The molecule has 0 spiro atoms. The minimum absolute atomic E-state index is 0.688. The molecule has 0 aromatic heterocycles. The van der Waals surface area contributed by atoms with E-state index in [0.29, 0.717) is 5.41 Å². The predicted molar refractivity (Wildman–Crippen MR) is 104 cm³/mol. The fourth-order valence-electron chi connectivity index (χ4n) is 8.93. The zero-order valence-corrected chi connectivity index (χ0v) is 16.9. The molecular weight excluding hydrogens is 288 g/mol. The molecule has 0 aliphatic heterocycles. The molecule has 4 saturated carbocycles. The van der Waals surface area contributed by atoms with Crippen molar-refractivity contribution in [2.75, 3.05) is 0 Å². The summed E-state index contributed by atoms with van der Waals surface area (Å²) in [4.78, 5) is 0. The van der Waals surface area contributed by atoms with Gasteiger partial charge < -0.3 is 0 Å². The van der Waals surface area contributed by atoms with Crippen molar-refractivity contribution in [3.05, 3.63) is 0 Å². The molecule has 24 heavy (non-hydrogen) atoms. The highest BCUT2D eigenvalue weighted by Gasteiger charge is 2.59. The van der Waals surface area contributed by atoms with Crippen molar-refractivity contribution in [1.82, 2.24) is 0 Å². The van der Waals surface area contributed by atoms with Crippen molar-refractivity contribution < 1.29 is 0 Å². The third-order valence-corrected chi connectivity index (χ3v) is 10.1. The van der Waals surface area contributed by atoms with E-state index in [2.05, 4.69) is 27.7 Å². The van der Waals surface area contributed by atoms with Gasteiger partial charge in [-0.05, 0) is 97.7 Å². The molecule has 4 fully saturated rings. The first-order valence-corrected chi connectivity index (χ1v) is 11.5. The lowest BCUT2D eigenvalue weighted by atomic mass is 9.44. The van der Waals surface area contributed by atoms with E-state index in [1.807, 2.05) is 0 Å². The number of hydrogen-bond acceptors (Lipinski definition) is 0. The summed E-state index contributed by atoms with van der Waals surface area (Å²) in [5.41, 5.74) is 1.41. The number of rotatable bonds is 3. The molecule has 8 atom stereocenters. The molecule has 4 aliphatic carbocycles. The zero-order valence-electron chi connectivity index (χ0n) is 16.9. The summed E-state index contributed by atoms with van der Waals surface area (Å²) in [7, 11) is 0. The molecule has 4 aliphatic rings. The van der Waals surface area contributed by atoms with Crippen LogP contribution in [0.1, 0.15) is 105 Å². The van der Waals surface area contributed by atoms with Crippen LogP contribution in [0.5, 0.6) is 0 Å². The van der Waals surface area contributed by atoms with Crippen LogP contribution in [0.15, 0.2) is 0 Å². The second-order valence-corrected chi connectivity index (χ2v) is 10.9. The van der Waals surface area contributed by atoms with E-state index in [4.69, 9.17) is 0 Å². The normalized spacial score (nSPS) is 52.2. The Labute approximate surface area is 151 Å². The molecule has 0 saturated heterocycles. The molecule has 0 amide bonds. The van der Waals surface area contributed by atoms with Gasteiger partial charge in [0.2, 0.25) is 0 Å². The molecule has 0 aromatic rings. The summed E-state index contributed by atoms with van der Waals surface area (Å²) < 4.78 is 0. The zero-order chi connectivity index (χ0) is 16.9. The van der Waals surface area contributed by atoms with E-state index in [9.17, 15) is 0 Å². The van der Waals surface area contributed by atoms with Gasteiger partial charge in [0, 0.05) is 0 Å². The third-order valence-electron chi connectivity index (χ3n) is 10.1. The number of fused-ring (bicyclic) bond motifs is 5. The van der Waals surface area contributed by atoms with Crippen molar-refractivity contribution in [1.29, 1.82) is 0 Å². The Morgan fingerprint density at radius 1 is 0.833 bits per heavy atom. The van der Waals surface area contributed by atoms with Crippen LogP contribution in [-0.2, 0) is 0 Å². The van der Waals surface area contributed by atoms with Gasteiger partial charge in [0.05, 0.1) is 0 Å². The Bertz CT molecular complexity index is 453. The van der Waals surface area contributed by atoms with Gasteiger partial charge in [-0.15, -0.1) is 0 Å². The van der Waals surface area contributed by atoms with Gasteiger partial charge in [0.1, 0.15) is 0 Å². The highest BCUT2D eigenvalue weighted by Crippen LogP contribution is 2.68. The van der Waals surface area contributed by atoms with Crippen molar-refractivity contribution in [2.45, 2.75) is 105 Å². The molecule has 0 radical (unpaired) electrons. The first-order chi connectivity index (χ1) is 11.5. The summed E-state index contributed by atoms with van der Waals surface area (Å²) in [6.45, 7) is 10.4. The van der Waals surface area contributed by atoms with Gasteiger partial charge in [0.25, 0.3) is 0 Å². The Hall–Kier alpha value is 0. The highest BCUT2D eigenvalue weighted by molar-refractivity contribution is 5.09. The fourth-order valence-corrected chi connectivity index (χ4v) is 8.93. The Morgan fingerprint density at radius 3 is 2.42 bits per heavy atom. The lowest BCUT2D eigenvalue weighted by Crippen LogP contribution is -2.53. The number of hydrogen-bond donors (Lipinski definition) is 0. The van der Waals surface area contributed by atoms with E-state index in [1.165, 1.54) is 25.7 Å². The second-order valence-electron chi connectivity index (χ2n) is 10.9. The van der Waals surface area contributed by atoms with Crippen LogP contribution >= 0.6 is 0 Å². The van der Waals surface area contributed by atoms with E-state index in [-0.39, 0.29) is 0 Å². The molecule has 0 heteroatoms. The van der Waals surface area contributed by atoms with Crippen LogP contribution in [0.2, 0.25) is 0 Å². The smallest absolute Gasteiger partial charge is 0.0264 e. The molecule has 0 bridgehead atoms. The van der Waals surface area contributed by atoms with Gasteiger partial charge in [0.15, 0.2) is 0 Å². The summed E-state index contributed by atoms with van der Waals surface area (Å²) in [6, 6.07) is 0.